The Labute approximate surface area is 245 Å². The molecule has 0 saturated carbocycles. The zero-order valence-electron chi connectivity index (χ0n) is 24.1. The van der Waals surface area contributed by atoms with E-state index in [4.69, 9.17) is 29.4 Å². The molecule has 42 heavy (non-hydrogen) atoms. The lowest BCUT2D eigenvalue weighted by molar-refractivity contribution is -0.141. The smallest absolute Gasteiger partial charge is 0.315 e. The number of esters is 1. The second-order valence-electron chi connectivity index (χ2n) is 10.7. The van der Waals surface area contributed by atoms with Gasteiger partial charge in [-0.3, -0.25) is 4.79 Å². The number of cyclic esters (lactones) is 1. The van der Waals surface area contributed by atoms with Crippen molar-refractivity contribution in [2.45, 2.75) is 37.6 Å². The van der Waals surface area contributed by atoms with Crippen molar-refractivity contribution >= 4 is 12.0 Å². The first-order chi connectivity index (χ1) is 20.5. The third-order valence-electron chi connectivity index (χ3n) is 8.21. The number of methoxy groups -OCH3 is 2. The van der Waals surface area contributed by atoms with Crippen molar-refractivity contribution in [3.63, 3.8) is 0 Å². The minimum absolute atomic E-state index is 0.0824. The van der Waals surface area contributed by atoms with Gasteiger partial charge < -0.3 is 50.5 Å². The molecule has 12 nitrogen and oxygen atoms in total. The number of phenols is 1. The van der Waals surface area contributed by atoms with Crippen LogP contribution in [0.15, 0.2) is 24.3 Å². The number of fused-ring (bicyclic) bond motifs is 3. The summed E-state index contributed by atoms with van der Waals surface area (Å²) in [6, 6.07) is 6.32. The zero-order valence-corrected chi connectivity index (χ0v) is 24.1. The first-order valence-corrected chi connectivity index (χ1v) is 14.5. The van der Waals surface area contributed by atoms with Crippen molar-refractivity contribution in [2.24, 2.45) is 17.6 Å². The Kier molecular flexibility index (Phi) is 9.43. The Bertz CT molecular complexity index is 1260. The van der Waals surface area contributed by atoms with E-state index in [0.717, 1.165) is 49.9 Å². The van der Waals surface area contributed by atoms with Gasteiger partial charge >= 0.3 is 12.0 Å². The fourth-order valence-electron chi connectivity index (χ4n) is 6.13. The average molecular weight is 585 g/mol. The lowest BCUT2D eigenvalue weighted by atomic mass is 9.65. The van der Waals surface area contributed by atoms with Gasteiger partial charge in [-0.25, -0.2) is 4.79 Å². The highest BCUT2D eigenvalue weighted by Crippen LogP contribution is 2.55. The molecule has 0 bridgehead atoms. The molecular formula is C30H40N4O8. The van der Waals surface area contributed by atoms with E-state index in [0.29, 0.717) is 30.2 Å². The monoisotopic (exact) mass is 584 g/mol. The van der Waals surface area contributed by atoms with Crippen LogP contribution in [-0.4, -0.2) is 70.9 Å². The highest BCUT2D eigenvalue weighted by molar-refractivity contribution is 5.80. The number of aromatic hydroxyl groups is 1. The third kappa shape index (κ3) is 6.00. The van der Waals surface area contributed by atoms with Crippen molar-refractivity contribution in [1.82, 2.24) is 16.0 Å². The van der Waals surface area contributed by atoms with E-state index in [2.05, 4.69) is 16.0 Å². The van der Waals surface area contributed by atoms with Gasteiger partial charge in [0.1, 0.15) is 0 Å². The number of amides is 2. The lowest BCUT2D eigenvalue weighted by Gasteiger charge is -2.39. The molecule has 2 aromatic rings. The van der Waals surface area contributed by atoms with Gasteiger partial charge in [0.2, 0.25) is 12.5 Å². The number of hydrogen-bond donors (Lipinski definition) is 5. The highest BCUT2D eigenvalue weighted by Gasteiger charge is 2.53. The Morgan fingerprint density at radius 1 is 0.952 bits per heavy atom. The van der Waals surface area contributed by atoms with Crippen LogP contribution in [0.3, 0.4) is 0 Å². The summed E-state index contributed by atoms with van der Waals surface area (Å²) in [7, 11) is 2.91. The number of unbranched alkanes of at least 4 members (excludes halogenated alkanes) is 2. The molecule has 1 aliphatic carbocycles. The summed E-state index contributed by atoms with van der Waals surface area (Å²) >= 11 is 0. The predicted molar refractivity (Wildman–Crippen MR) is 153 cm³/mol. The van der Waals surface area contributed by atoms with E-state index in [9.17, 15) is 14.7 Å². The van der Waals surface area contributed by atoms with Crippen LogP contribution < -0.4 is 40.6 Å². The summed E-state index contributed by atoms with van der Waals surface area (Å²) in [5.41, 5.74) is 7.83. The molecule has 0 aromatic heterocycles. The number of rotatable bonds is 13. The van der Waals surface area contributed by atoms with Gasteiger partial charge in [0.15, 0.2) is 23.0 Å². The Morgan fingerprint density at radius 3 is 2.26 bits per heavy atom. The second kappa shape index (κ2) is 13.4. The number of urea groups is 1. The molecule has 5 rings (SSSR count). The lowest BCUT2D eigenvalue weighted by Crippen LogP contribution is -2.46. The van der Waals surface area contributed by atoms with Crippen molar-refractivity contribution < 1.29 is 38.4 Å². The summed E-state index contributed by atoms with van der Waals surface area (Å²) in [4.78, 5) is 26.4. The molecule has 2 aliphatic heterocycles. The molecule has 228 valence electrons. The van der Waals surface area contributed by atoms with Gasteiger partial charge in [-0.2, -0.15) is 0 Å². The van der Waals surface area contributed by atoms with Crippen LogP contribution in [0, 0.1) is 11.8 Å². The molecule has 2 heterocycles. The molecule has 1 saturated heterocycles. The number of nitrogens with two attached hydrogens (primary N) is 1. The molecule has 6 N–H and O–H groups in total. The summed E-state index contributed by atoms with van der Waals surface area (Å²) < 4.78 is 27.8. The van der Waals surface area contributed by atoms with E-state index in [1.807, 2.05) is 12.1 Å². The maximum absolute atomic E-state index is 13.3. The van der Waals surface area contributed by atoms with Crippen molar-refractivity contribution in [2.75, 3.05) is 53.8 Å². The summed E-state index contributed by atoms with van der Waals surface area (Å²) in [5.74, 6) is -0.335. The number of carbonyl (C=O) groups is 2. The number of carbonyl (C=O) groups excluding carboxylic acids is 2. The van der Waals surface area contributed by atoms with Crippen LogP contribution in [0.5, 0.6) is 28.7 Å². The third-order valence-corrected chi connectivity index (χ3v) is 8.21. The zero-order chi connectivity index (χ0) is 29.6. The van der Waals surface area contributed by atoms with Crippen LogP contribution in [0.4, 0.5) is 4.79 Å². The van der Waals surface area contributed by atoms with Gasteiger partial charge in [0.25, 0.3) is 0 Å². The number of ether oxygens (including phenoxy) is 5. The van der Waals surface area contributed by atoms with Crippen LogP contribution in [-0.2, 0) is 9.53 Å². The first-order valence-electron chi connectivity index (χ1n) is 14.5. The van der Waals surface area contributed by atoms with Crippen molar-refractivity contribution in [3.05, 3.63) is 41.0 Å². The maximum atomic E-state index is 13.3. The summed E-state index contributed by atoms with van der Waals surface area (Å²) in [5, 5.41) is 20.0. The minimum Gasteiger partial charge on any atom is -0.502 e. The molecule has 2 aromatic carbocycles. The number of hydrogen-bond acceptors (Lipinski definition) is 10. The molecule has 12 heteroatoms. The van der Waals surface area contributed by atoms with E-state index in [1.54, 1.807) is 12.1 Å². The summed E-state index contributed by atoms with van der Waals surface area (Å²) in [6.45, 7) is 3.29. The van der Waals surface area contributed by atoms with E-state index in [1.165, 1.54) is 14.2 Å². The Balaban J connectivity index is 1.38. The Hall–Kier alpha value is -3.90. The molecule has 0 spiro atoms. The van der Waals surface area contributed by atoms with Crippen molar-refractivity contribution in [1.29, 1.82) is 0 Å². The quantitative estimate of drug-likeness (QED) is 0.175. The molecule has 1 fully saturated rings. The fraction of sp³-hybridized carbons (Fsp3) is 0.533. The minimum atomic E-state index is -0.604. The van der Waals surface area contributed by atoms with Crippen LogP contribution in [0.1, 0.15) is 54.3 Å². The highest BCUT2D eigenvalue weighted by atomic mass is 16.7. The number of phenolic OH excluding ortho intramolecular Hbond substituents is 1. The van der Waals surface area contributed by atoms with Crippen LogP contribution in [0.2, 0.25) is 0 Å². The fourth-order valence-corrected chi connectivity index (χ4v) is 6.13. The molecule has 0 radical (unpaired) electrons. The van der Waals surface area contributed by atoms with Crippen LogP contribution in [0.25, 0.3) is 0 Å². The normalized spacial score (nSPS) is 21.7. The molecule has 4 atom stereocenters. The Morgan fingerprint density at radius 2 is 1.60 bits per heavy atom. The van der Waals surface area contributed by atoms with Gasteiger partial charge in [-0.15, -0.1) is 0 Å². The second-order valence-corrected chi connectivity index (χ2v) is 10.7. The molecule has 4 unspecified atom stereocenters. The van der Waals surface area contributed by atoms with Gasteiger partial charge in [0.05, 0.1) is 32.8 Å². The predicted octanol–water partition coefficient (Wildman–Crippen LogP) is 2.52. The molecule has 2 amide bonds. The van der Waals surface area contributed by atoms with E-state index < -0.39 is 17.9 Å². The first kappa shape index (κ1) is 29.6. The SMILES string of the molecule is COc1cc(C2c3cc4c(cc3C(NC(=O)NCCCCNCCCCN)C3COC(=O)C23)OCO4)cc(OC)c1O. The maximum Gasteiger partial charge on any atom is 0.315 e. The molecule has 3 aliphatic rings. The topological polar surface area (TPSA) is 163 Å². The average Bonchev–Trinajstić information content (AvgIpc) is 3.62. The summed E-state index contributed by atoms with van der Waals surface area (Å²) in [6.07, 6.45) is 3.84. The number of nitrogens with one attached hydrogen (secondary N) is 3. The van der Waals surface area contributed by atoms with Gasteiger partial charge in [0, 0.05) is 18.4 Å². The largest absolute Gasteiger partial charge is 0.502 e. The van der Waals surface area contributed by atoms with E-state index in [-0.39, 0.29) is 48.6 Å². The van der Waals surface area contributed by atoms with Gasteiger partial charge in [-0.05, 0) is 86.3 Å². The molecular weight excluding hydrogens is 544 g/mol. The van der Waals surface area contributed by atoms with Crippen molar-refractivity contribution in [3.8, 4) is 28.7 Å². The van der Waals surface area contributed by atoms with Gasteiger partial charge in [-0.1, -0.05) is 0 Å². The van der Waals surface area contributed by atoms with E-state index >= 15 is 0 Å². The number of benzene rings is 2. The standard InChI is InChI=1S/C30H40N4O8/c1-38-23-11-17(12-24(39-2)28(23)35)25-18-13-21-22(42-16-41-21)14-19(18)27(20-15-40-29(36)26(20)25)34-30(37)33-10-6-5-9-32-8-4-3-7-31/h11-14,20,25-27,32,35H,3-10,15-16,31H2,1-2H3,(H2,33,34,37). The van der Waals surface area contributed by atoms with Crippen LogP contribution >= 0.6 is 0 Å².